The number of likely N-dealkylation sites (N-methyl/N-ethyl adjacent to an activating group) is 1. The normalized spacial score (nSPS) is 19.8. The molecular weight excluding hydrogens is 889 g/mol. The number of amides is 4. The van der Waals surface area contributed by atoms with E-state index in [2.05, 4.69) is 59.6 Å². The highest BCUT2D eigenvalue weighted by Crippen LogP contribution is 2.42. The van der Waals surface area contributed by atoms with Crippen molar-refractivity contribution in [3.05, 3.63) is 71.5 Å². The Kier molecular flexibility index (Phi) is 16.4. The van der Waals surface area contributed by atoms with Gasteiger partial charge in [0.1, 0.15) is 17.8 Å². The zero-order chi connectivity index (χ0) is 50.5. The first-order valence-electron chi connectivity index (χ1n) is 25.1. The lowest BCUT2D eigenvalue weighted by molar-refractivity contribution is -0.146. The molecule has 70 heavy (non-hydrogen) atoms. The highest BCUT2D eigenvalue weighted by atomic mass is 16.5. The second kappa shape index (κ2) is 22.1. The van der Waals surface area contributed by atoms with Crippen molar-refractivity contribution in [1.82, 2.24) is 40.4 Å². The highest BCUT2D eigenvalue weighted by Gasteiger charge is 2.44. The summed E-state index contributed by atoms with van der Waals surface area (Å²) in [6, 6.07) is 13.6. The van der Waals surface area contributed by atoms with Gasteiger partial charge in [-0.3, -0.25) is 34.0 Å². The Hall–Kier alpha value is -5.84. The molecule has 0 aliphatic carbocycles. The third kappa shape index (κ3) is 11.2. The number of carbonyl (C=O) groups is 5. The van der Waals surface area contributed by atoms with Gasteiger partial charge in [-0.2, -0.15) is 0 Å². The van der Waals surface area contributed by atoms with Crippen molar-refractivity contribution in [2.75, 3.05) is 53.5 Å². The number of carbonyl (C=O) groups excluding carboxylic acids is 5. The van der Waals surface area contributed by atoms with Crippen molar-refractivity contribution in [3.63, 3.8) is 0 Å². The van der Waals surface area contributed by atoms with Crippen molar-refractivity contribution in [3.8, 4) is 28.1 Å². The molecule has 3 saturated heterocycles. The van der Waals surface area contributed by atoms with Gasteiger partial charge in [0.2, 0.25) is 17.7 Å². The summed E-state index contributed by atoms with van der Waals surface area (Å²) in [6.07, 6.45) is 6.01. The van der Waals surface area contributed by atoms with Crippen LogP contribution in [0.15, 0.2) is 54.7 Å². The molecule has 4 N–H and O–H groups in total. The maximum Gasteiger partial charge on any atom is 0.293 e. The van der Waals surface area contributed by atoms with Gasteiger partial charge in [0.15, 0.2) is 0 Å². The number of pyridine rings is 1. The van der Waals surface area contributed by atoms with Gasteiger partial charge in [-0.15, -0.1) is 0 Å². The van der Waals surface area contributed by atoms with Gasteiger partial charge >= 0.3 is 0 Å². The first-order valence-corrected chi connectivity index (χ1v) is 25.1. The number of phenolic OH excluding ortho intramolecular Hbond substituents is 1. The van der Waals surface area contributed by atoms with E-state index < -0.39 is 34.9 Å². The second-order valence-electron chi connectivity index (χ2n) is 20.9. The quantitative estimate of drug-likeness (QED) is 0.0788. The Morgan fingerprint density at radius 3 is 2.50 bits per heavy atom. The Morgan fingerprint density at radius 1 is 1.04 bits per heavy atom. The summed E-state index contributed by atoms with van der Waals surface area (Å²) in [4.78, 5) is 76.1. The molecule has 0 spiro atoms. The molecule has 0 radical (unpaired) electrons. The molecular formula is C54H74N8O8. The predicted molar refractivity (Wildman–Crippen MR) is 269 cm³/mol. The van der Waals surface area contributed by atoms with Crippen molar-refractivity contribution < 1.29 is 38.6 Å². The van der Waals surface area contributed by atoms with Crippen molar-refractivity contribution >= 4 is 41.0 Å². The van der Waals surface area contributed by atoms with E-state index in [0.29, 0.717) is 63.2 Å². The van der Waals surface area contributed by atoms with E-state index >= 15 is 0 Å². The Labute approximate surface area is 412 Å². The lowest BCUT2D eigenvalue weighted by atomic mass is 9.84. The van der Waals surface area contributed by atoms with Crippen LogP contribution in [0.3, 0.4) is 0 Å². The molecule has 7 rings (SSSR count). The SMILES string of the molecule is CCn1c(-c2cccnc2C(C)OC)c(CC(C)(C)COC=O)c2cc(-c3cc(O)cc(CC(NC(=O)C(C(C)C)N(C)C(=O)C4CCN(C(=O)[C@@]5(C)CCCN5)C4)C(=O)N4CCCCN4)c3)ccc21. The van der Waals surface area contributed by atoms with E-state index in [4.69, 9.17) is 14.5 Å². The molecule has 16 heteroatoms. The van der Waals surface area contributed by atoms with Crippen LogP contribution in [0.25, 0.3) is 33.3 Å². The summed E-state index contributed by atoms with van der Waals surface area (Å²) in [5.74, 6) is -1.73. The monoisotopic (exact) mass is 963 g/mol. The maximum atomic E-state index is 14.6. The number of phenols is 1. The molecule has 0 bridgehead atoms. The van der Waals surface area contributed by atoms with Crippen LogP contribution in [0.2, 0.25) is 0 Å². The number of nitrogens with one attached hydrogen (secondary N) is 3. The number of hydrogen-bond acceptors (Lipinski definition) is 11. The first kappa shape index (κ1) is 52.0. The van der Waals surface area contributed by atoms with Gasteiger partial charge in [0.25, 0.3) is 12.4 Å². The summed E-state index contributed by atoms with van der Waals surface area (Å²) in [6.45, 7) is 17.9. The van der Waals surface area contributed by atoms with Gasteiger partial charge in [0, 0.05) is 81.4 Å². The average molecular weight is 963 g/mol. The standard InChI is InChI=1S/C54H74N8O8/c1-10-61-45-17-16-37(29-42(45)43(30-53(5,6)32-70-33-63)48(61)41-15-13-20-55-46(41)35(4)69-9)39-25-36(26-40(64)28-39)27-44(51(67)62-23-12-11-22-57-62)58-49(65)47(34(2)3)59(8)50(66)38-18-24-60(31-38)52(68)54(7)19-14-21-56-54/h13,15-17,20,25-26,28-29,33-35,38,44,47,56-57,64H,10-12,14,18-19,21-24,27,30-32H2,1-9H3,(H,58,65)/t35?,38?,44?,47?,54-/m1/s1. The lowest BCUT2D eigenvalue weighted by Crippen LogP contribution is -2.59. The van der Waals surface area contributed by atoms with Crippen LogP contribution in [-0.2, 0) is 52.8 Å². The molecule has 5 heterocycles. The molecule has 4 amide bonds. The molecule has 3 aliphatic heterocycles. The number of fused-ring (bicyclic) bond motifs is 1. The fraction of sp³-hybridized carbons (Fsp3) is 0.556. The summed E-state index contributed by atoms with van der Waals surface area (Å²) < 4.78 is 13.4. The molecule has 4 aromatic rings. The van der Waals surface area contributed by atoms with Crippen molar-refractivity contribution in [1.29, 1.82) is 0 Å². The van der Waals surface area contributed by atoms with Crippen LogP contribution in [0.4, 0.5) is 0 Å². The van der Waals surface area contributed by atoms with Crippen LogP contribution < -0.4 is 16.1 Å². The van der Waals surface area contributed by atoms with Gasteiger partial charge in [0.05, 0.1) is 35.6 Å². The summed E-state index contributed by atoms with van der Waals surface area (Å²) in [5.41, 5.74) is 9.10. The smallest absolute Gasteiger partial charge is 0.293 e. The van der Waals surface area contributed by atoms with E-state index in [1.165, 1.54) is 4.90 Å². The van der Waals surface area contributed by atoms with Gasteiger partial charge in [-0.25, -0.2) is 5.43 Å². The third-order valence-corrected chi connectivity index (χ3v) is 14.6. The number of ether oxygens (including phenoxy) is 2. The zero-order valence-electron chi connectivity index (χ0n) is 42.6. The van der Waals surface area contributed by atoms with E-state index in [1.807, 2.05) is 45.9 Å². The summed E-state index contributed by atoms with van der Waals surface area (Å²) in [7, 11) is 3.30. The van der Waals surface area contributed by atoms with Gasteiger partial charge < -0.3 is 39.6 Å². The van der Waals surface area contributed by atoms with Crippen LogP contribution >= 0.6 is 0 Å². The maximum absolute atomic E-state index is 14.6. The molecule has 0 saturated carbocycles. The average Bonchev–Trinajstić information content (AvgIpc) is 4.10. The fourth-order valence-corrected chi connectivity index (χ4v) is 10.9. The van der Waals surface area contributed by atoms with Crippen LogP contribution in [0, 0.1) is 17.3 Å². The minimum atomic E-state index is -1.04. The zero-order valence-corrected chi connectivity index (χ0v) is 42.6. The fourth-order valence-electron chi connectivity index (χ4n) is 10.9. The number of benzene rings is 2. The Balaban J connectivity index is 1.21. The van der Waals surface area contributed by atoms with Crippen LogP contribution in [0.1, 0.15) is 103 Å². The molecule has 2 aromatic heterocycles. The number of likely N-dealkylation sites (tertiary alicyclic amines) is 1. The van der Waals surface area contributed by atoms with Crippen molar-refractivity contribution in [2.45, 2.75) is 124 Å². The number of hydrazine groups is 1. The topological polar surface area (TPSA) is 188 Å². The number of hydrogen-bond donors (Lipinski definition) is 4. The largest absolute Gasteiger partial charge is 0.508 e. The second-order valence-corrected chi connectivity index (χ2v) is 20.9. The highest BCUT2D eigenvalue weighted by molar-refractivity contribution is 5.96. The summed E-state index contributed by atoms with van der Waals surface area (Å²) >= 11 is 0. The molecule has 5 atom stereocenters. The number of aryl methyl sites for hydroxylation is 1. The Morgan fingerprint density at radius 2 is 1.83 bits per heavy atom. The molecule has 3 fully saturated rings. The Bertz CT molecular complexity index is 2540. The van der Waals surface area contributed by atoms with E-state index in [9.17, 15) is 29.1 Å². The van der Waals surface area contributed by atoms with E-state index in [-0.39, 0.29) is 48.5 Å². The van der Waals surface area contributed by atoms with Gasteiger partial charge in [-0.05, 0) is 130 Å². The molecule has 4 unspecified atom stereocenters. The van der Waals surface area contributed by atoms with E-state index in [1.54, 1.807) is 42.4 Å². The lowest BCUT2D eigenvalue weighted by Gasteiger charge is -2.35. The number of aromatic hydroxyl groups is 1. The van der Waals surface area contributed by atoms with Gasteiger partial charge in [-0.1, -0.05) is 39.8 Å². The minimum absolute atomic E-state index is 0.00106. The molecule has 2 aromatic carbocycles. The molecule has 16 nitrogen and oxygen atoms in total. The number of nitrogens with zero attached hydrogens (tertiary/aromatic N) is 5. The number of methoxy groups -OCH3 is 1. The molecule has 378 valence electrons. The molecule has 3 aliphatic rings. The number of rotatable bonds is 19. The van der Waals surface area contributed by atoms with E-state index in [0.717, 1.165) is 71.2 Å². The van der Waals surface area contributed by atoms with Crippen LogP contribution in [0.5, 0.6) is 5.75 Å². The van der Waals surface area contributed by atoms with Crippen molar-refractivity contribution in [2.24, 2.45) is 17.3 Å². The third-order valence-electron chi connectivity index (χ3n) is 14.6. The number of aromatic nitrogens is 2. The van der Waals surface area contributed by atoms with Crippen LogP contribution in [-0.4, -0.2) is 131 Å². The predicted octanol–water partition coefficient (Wildman–Crippen LogP) is 6.17. The summed E-state index contributed by atoms with van der Waals surface area (Å²) in [5, 5.41) is 20.3. The first-order chi connectivity index (χ1) is 33.4. The minimum Gasteiger partial charge on any atom is -0.508 e.